The highest BCUT2D eigenvalue weighted by Crippen LogP contribution is 2.18. The summed E-state index contributed by atoms with van der Waals surface area (Å²) in [6.45, 7) is 3.06. The predicted octanol–water partition coefficient (Wildman–Crippen LogP) is 1.00. The Labute approximate surface area is 127 Å². The van der Waals surface area contributed by atoms with Gasteiger partial charge in [0.05, 0.1) is 6.54 Å². The molecule has 1 amide bonds. The van der Waals surface area contributed by atoms with Crippen molar-refractivity contribution in [1.82, 2.24) is 14.3 Å². The van der Waals surface area contributed by atoms with Crippen molar-refractivity contribution < 1.29 is 13.2 Å². The van der Waals surface area contributed by atoms with Crippen LogP contribution in [-0.4, -0.2) is 44.3 Å². The van der Waals surface area contributed by atoms with Crippen LogP contribution in [0.15, 0.2) is 0 Å². The van der Waals surface area contributed by atoms with E-state index in [9.17, 15) is 13.2 Å². The van der Waals surface area contributed by atoms with Gasteiger partial charge in [-0.3, -0.25) is 4.79 Å². The van der Waals surface area contributed by atoms with E-state index in [4.69, 9.17) is 0 Å². The van der Waals surface area contributed by atoms with Crippen LogP contribution in [0.3, 0.4) is 0 Å². The van der Waals surface area contributed by atoms with Gasteiger partial charge in [0, 0.05) is 19.1 Å². The van der Waals surface area contributed by atoms with E-state index >= 15 is 0 Å². The Morgan fingerprint density at radius 2 is 1.71 bits per heavy atom. The lowest BCUT2D eigenvalue weighted by Gasteiger charge is -2.29. The average Bonchev–Trinajstić information content (AvgIpc) is 2.47. The van der Waals surface area contributed by atoms with Crippen molar-refractivity contribution >= 4 is 16.1 Å². The van der Waals surface area contributed by atoms with Gasteiger partial charge >= 0.3 is 0 Å². The first-order chi connectivity index (χ1) is 9.97. The molecule has 0 bridgehead atoms. The largest absolute Gasteiger partial charge is 0.352 e. The maximum Gasteiger partial charge on any atom is 0.279 e. The Hall–Kier alpha value is -0.660. The van der Waals surface area contributed by atoms with E-state index in [0.29, 0.717) is 19.0 Å². The van der Waals surface area contributed by atoms with Crippen molar-refractivity contribution in [2.24, 2.45) is 5.92 Å². The molecule has 1 aliphatic heterocycles. The predicted molar refractivity (Wildman–Crippen MR) is 81.9 cm³/mol. The summed E-state index contributed by atoms with van der Waals surface area (Å²) < 4.78 is 28.1. The Kier molecular flexibility index (Phi) is 6.01. The third-order valence-electron chi connectivity index (χ3n) is 4.47. The fourth-order valence-corrected chi connectivity index (χ4v) is 4.19. The lowest BCUT2D eigenvalue weighted by Crippen LogP contribution is -2.48. The van der Waals surface area contributed by atoms with E-state index in [1.807, 2.05) is 0 Å². The molecule has 0 unspecified atom stereocenters. The molecular formula is C14H27N3O3S. The molecule has 7 heteroatoms. The van der Waals surface area contributed by atoms with Crippen LogP contribution in [0.2, 0.25) is 0 Å². The third-order valence-corrected chi connectivity index (χ3v) is 6.02. The molecule has 2 rings (SSSR count). The zero-order valence-corrected chi connectivity index (χ0v) is 13.6. The molecule has 0 radical (unpaired) electrons. The van der Waals surface area contributed by atoms with Crippen molar-refractivity contribution in [3.05, 3.63) is 0 Å². The van der Waals surface area contributed by atoms with Gasteiger partial charge in [-0.2, -0.15) is 17.4 Å². The number of amides is 1. The Morgan fingerprint density at radius 1 is 1.10 bits per heavy atom. The molecule has 0 atom stereocenters. The Morgan fingerprint density at radius 3 is 2.33 bits per heavy atom. The lowest BCUT2D eigenvalue weighted by molar-refractivity contribution is -0.120. The summed E-state index contributed by atoms with van der Waals surface area (Å²) in [7, 11) is -3.52. The summed E-state index contributed by atoms with van der Waals surface area (Å²) in [6, 6.07) is 0.214. The molecule has 1 heterocycles. The van der Waals surface area contributed by atoms with E-state index in [2.05, 4.69) is 17.0 Å². The summed E-state index contributed by atoms with van der Waals surface area (Å²) in [5, 5.41) is 2.92. The number of nitrogens with one attached hydrogen (secondary N) is 2. The molecule has 0 spiro atoms. The van der Waals surface area contributed by atoms with Gasteiger partial charge in [-0.25, -0.2) is 0 Å². The maximum atomic E-state index is 12.1. The second-order valence-corrected chi connectivity index (χ2v) is 8.07. The maximum absolute atomic E-state index is 12.1. The second-order valence-electron chi connectivity index (χ2n) is 6.31. The first-order valence-corrected chi connectivity index (χ1v) is 9.45. The molecule has 2 fully saturated rings. The molecule has 6 nitrogen and oxygen atoms in total. The fraction of sp³-hybridized carbons (Fsp3) is 0.929. The van der Waals surface area contributed by atoms with E-state index in [-0.39, 0.29) is 18.5 Å². The monoisotopic (exact) mass is 317 g/mol. The zero-order valence-electron chi connectivity index (χ0n) is 12.8. The highest BCUT2D eigenvalue weighted by molar-refractivity contribution is 7.87. The summed E-state index contributed by atoms with van der Waals surface area (Å²) in [4.78, 5) is 11.8. The molecule has 2 aliphatic rings. The SMILES string of the molecule is CC1CCN(S(=O)(=O)NCC(=O)NC2CCCCC2)CC1. The van der Waals surface area contributed by atoms with Crippen LogP contribution in [0.5, 0.6) is 0 Å². The molecule has 0 aromatic heterocycles. The smallest absolute Gasteiger partial charge is 0.279 e. The van der Waals surface area contributed by atoms with Gasteiger partial charge in [0.1, 0.15) is 0 Å². The molecule has 1 aliphatic carbocycles. The topological polar surface area (TPSA) is 78.5 Å². The molecule has 1 saturated carbocycles. The Bertz CT molecular complexity index is 438. The average molecular weight is 317 g/mol. The number of carbonyl (C=O) groups excluding carboxylic acids is 1. The quantitative estimate of drug-likeness (QED) is 0.794. The van der Waals surface area contributed by atoms with Crippen LogP contribution in [0, 0.1) is 5.92 Å². The van der Waals surface area contributed by atoms with Gasteiger partial charge in [-0.15, -0.1) is 0 Å². The van der Waals surface area contributed by atoms with Crippen LogP contribution < -0.4 is 10.0 Å². The van der Waals surface area contributed by atoms with Gasteiger partial charge in [-0.1, -0.05) is 26.2 Å². The van der Waals surface area contributed by atoms with Crippen molar-refractivity contribution in [1.29, 1.82) is 0 Å². The zero-order chi connectivity index (χ0) is 15.3. The van der Waals surface area contributed by atoms with Crippen LogP contribution >= 0.6 is 0 Å². The molecule has 21 heavy (non-hydrogen) atoms. The molecule has 0 aromatic rings. The summed E-state index contributed by atoms with van der Waals surface area (Å²) >= 11 is 0. The standard InChI is InChI=1S/C14H27N3O3S/c1-12-7-9-17(10-8-12)21(19,20)15-11-14(18)16-13-5-3-2-4-6-13/h12-13,15H,2-11H2,1H3,(H,16,18). The molecule has 0 aromatic carbocycles. The number of rotatable bonds is 5. The van der Waals surface area contributed by atoms with Crippen LogP contribution in [-0.2, 0) is 15.0 Å². The van der Waals surface area contributed by atoms with Gasteiger partial charge in [0.2, 0.25) is 5.91 Å². The summed E-state index contributed by atoms with van der Waals surface area (Å²) in [5.74, 6) is 0.349. The van der Waals surface area contributed by atoms with Crippen molar-refractivity contribution in [3.8, 4) is 0 Å². The summed E-state index contributed by atoms with van der Waals surface area (Å²) in [6.07, 6.45) is 7.28. The van der Waals surface area contributed by atoms with Gasteiger partial charge in [-0.05, 0) is 31.6 Å². The highest BCUT2D eigenvalue weighted by atomic mass is 32.2. The van der Waals surface area contributed by atoms with Gasteiger partial charge in [0.15, 0.2) is 0 Å². The molecule has 2 N–H and O–H groups in total. The minimum Gasteiger partial charge on any atom is -0.352 e. The number of hydrogen-bond acceptors (Lipinski definition) is 3. The van der Waals surface area contributed by atoms with Crippen LogP contribution in [0.25, 0.3) is 0 Å². The molecule has 1 saturated heterocycles. The minimum absolute atomic E-state index is 0.162. The van der Waals surface area contributed by atoms with Crippen LogP contribution in [0.4, 0.5) is 0 Å². The third kappa shape index (κ3) is 5.23. The normalized spacial score (nSPS) is 23.1. The van der Waals surface area contributed by atoms with Gasteiger partial charge < -0.3 is 5.32 Å². The summed E-state index contributed by atoms with van der Waals surface area (Å²) in [5.41, 5.74) is 0. The van der Waals surface area contributed by atoms with Crippen LogP contribution in [0.1, 0.15) is 51.9 Å². The number of hydrogen-bond donors (Lipinski definition) is 2. The minimum atomic E-state index is -3.52. The fourth-order valence-electron chi connectivity index (χ4n) is 3.00. The number of carbonyl (C=O) groups is 1. The number of nitrogens with zero attached hydrogens (tertiary/aromatic N) is 1. The van der Waals surface area contributed by atoms with E-state index in [1.165, 1.54) is 10.7 Å². The molecule has 122 valence electrons. The van der Waals surface area contributed by atoms with Crippen molar-refractivity contribution in [2.45, 2.75) is 57.9 Å². The van der Waals surface area contributed by atoms with Crippen molar-refractivity contribution in [3.63, 3.8) is 0 Å². The van der Waals surface area contributed by atoms with E-state index < -0.39 is 10.2 Å². The first-order valence-electron chi connectivity index (χ1n) is 8.01. The number of piperidine rings is 1. The highest BCUT2D eigenvalue weighted by Gasteiger charge is 2.26. The van der Waals surface area contributed by atoms with Gasteiger partial charge in [0.25, 0.3) is 10.2 Å². The second kappa shape index (κ2) is 7.56. The Balaban J connectivity index is 1.74. The van der Waals surface area contributed by atoms with E-state index in [0.717, 1.165) is 38.5 Å². The van der Waals surface area contributed by atoms with Crippen molar-refractivity contribution in [2.75, 3.05) is 19.6 Å². The first kappa shape index (κ1) is 16.7. The lowest BCUT2D eigenvalue weighted by atomic mass is 9.95. The molecular weight excluding hydrogens is 290 g/mol. The van der Waals surface area contributed by atoms with E-state index in [1.54, 1.807) is 0 Å².